The highest BCUT2D eigenvalue weighted by atomic mass is 16.1. The first-order chi connectivity index (χ1) is 6.41. The number of hydrogen-bond acceptors (Lipinski definition) is 1. The quantitative estimate of drug-likeness (QED) is 0.576. The number of hydrogen-bond donors (Lipinski definition) is 0. The fourth-order valence-electron chi connectivity index (χ4n) is 3.29. The number of ketones is 1. The number of fused-ring (bicyclic) bond motifs is 1. The van der Waals surface area contributed by atoms with Crippen molar-refractivity contribution in [2.24, 2.45) is 16.7 Å². The molecule has 0 radical (unpaired) electrons. The summed E-state index contributed by atoms with van der Waals surface area (Å²) >= 11 is 0. The zero-order valence-corrected chi connectivity index (χ0v) is 9.73. The van der Waals surface area contributed by atoms with Crippen LogP contribution in [0.4, 0.5) is 0 Å². The lowest BCUT2D eigenvalue weighted by Crippen LogP contribution is -2.41. The van der Waals surface area contributed by atoms with Crippen molar-refractivity contribution in [2.75, 3.05) is 0 Å². The van der Waals surface area contributed by atoms with Crippen LogP contribution in [-0.4, -0.2) is 5.78 Å². The largest absolute Gasteiger partial charge is 0.300 e. The van der Waals surface area contributed by atoms with E-state index in [2.05, 4.69) is 20.8 Å². The van der Waals surface area contributed by atoms with Crippen LogP contribution in [0.2, 0.25) is 0 Å². The summed E-state index contributed by atoms with van der Waals surface area (Å²) < 4.78 is 0. The molecule has 2 aliphatic rings. The summed E-state index contributed by atoms with van der Waals surface area (Å²) in [5.41, 5.74) is 0.964. The molecule has 0 heterocycles. The highest BCUT2D eigenvalue weighted by Crippen LogP contribution is 2.54. The minimum atomic E-state index is 0.474. The molecule has 14 heavy (non-hydrogen) atoms. The molecular formula is C13H22O. The minimum Gasteiger partial charge on any atom is -0.300 e. The van der Waals surface area contributed by atoms with Crippen LogP contribution in [0.5, 0.6) is 0 Å². The maximum Gasteiger partial charge on any atom is 0.133 e. The van der Waals surface area contributed by atoms with Crippen LogP contribution < -0.4 is 0 Å². The Balaban J connectivity index is 2.15. The molecule has 0 bridgehead atoms. The predicted octanol–water partition coefficient (Wildman–Crippen LogP) is 3.57. The molecule has 2 rings (SSSR count). The van der Waals surface area contributed by atoms with Crippen LogP contribution in [0, 0.1) is 16.7 Å². The Labute approximate surface area is 87.3 Å². The van der Waals surface area contributed by atoms with Gasteiger partial charge in [-0.05, 0) is 42.4 Å². The Hall–Kier alpha value is -0.330. The van der Waals surface area contributed by atoms with Gasteiger partial charge >= 0.3 is 0 Å². The van der Waals surface area contributed by atoms with E-state index >= 15 is 0 Å². The predicted molar refractivity (Wildman–Crippen MR) is 58.1 cm³/mol. The van der Waals surface area contributed by atoms with Gasteiger partial charge in [0.1, 0.15) is 5.78 Å². The molecular weight excluding hydrogens is 172 g/mol. The smallest absolute Gasteiger partial charge is 0.133 e. The average Bonchev–Trinajstić information content (AvgIpc) is 2.08. The van der Waals surface area contributed by atoms with Gasteiger partial charge in [-0.25, -0.2) is 0 Å². The molecule has 2 aliphatic carbocycles. The van der Waals surface area contributed by atoms with E-state index in [0.717, 1.165) is 19.3 Å². The van der Waals surface area contributed by atoms with Crippen LogP contribution in [0.3, 0.4) is 0 Å². The first-order valence-corrected chi connectivity index (χ1v) is 5.93. The normalized spacial score (nSPS) is 41.9. The Morgan fingerprint density at radius 1 is 1.14 bits per heavy atom. The van der Waals surface area contributed by atoms with Crippen molar-refractivity contribution in [3.05, 3.63) is 0 Å². The summed E-state index contributed by atoms with van der Waals surface area (Å²) in [6.45, 7) is 7.11. The third-order valence-corrected chi connectivity index (χ3v) is 4.61. The average molecular weight is 194 g/mol. The van der Waals surface area contributed by atoms with E-state index in [1.165, 1.54) is 19.3 Å². The van der Waals surface area contributed by atoms with Gasteiger partial charge in [0.2, 0.25) is 0 Å². The van der Waals surface area contributed by atoms with Gasteiger partial charge in [-0.3, -0.25) is 4.79 Å². The second-order valence-corrected chi connectivity index (χ2v) is 6.46. The molecule has 0 spiro atoms. The monoisotopic (exact) mass is 194 g/mol. The lowest BCUT2D eigenvalue weighted by Gasteiger charge is -2.50. The molecule has 0 aliphatic heterocycles. The molecule has 0 aromatic carbocycles. The summed E-state index contributed by atoms with van der Waals surface area (Å²) in [4.78, 5) is 11.5. The van der Waals surface area contributed by atoms with Crippen molar-refractivity contribution in [1.29, 1.82) is 0 Å². The molecule has 1 nitrogen and oxygen atoms in total. The molecule has 0 amide bonds. The van der Waals surface area contributed by atoms with Crippen molar-refractivity contribution in [1.82, 2.24) is 0 Å². The number of carbonyl (C=O) groups excluding carboxylic acids is 1. The summed E-state index contributed by atoms with van der Waals surface area (Å²) in [7, 11) is 0. The van der Waals surface area contributed by atoms with Gasteiger partial charge in [0, 0.05) is 12.8 Å². The maximum absolute atomic E-state index is 11.5. The first kappa shape index (κ1) is 10.2. The Bertz CT molecular complexity index is 254. The zero-order chi connectivity index (χ0) is 10.4. The standard InChI is InChI=1S/C13H22O/c1-12(2)6-7-13(3)5-4-11(14)8-10(13)9-12/h10H,4-9H2,1-3H3/t10-,13+/m1/s1. The molecule has 0 saturated heterocycles. The lowest BCUT2D eigenvalue weighted by molar-refractivity contribution is -0.127. The van der Waals surface area contributed by atoms with E-state index in [1.54, 1.807) is 0 Å². The molecule has 1 heteroatoms. The van der Waals surface area contributed by atoms with Crippen LogP contribution in [-0.2, 0) is 4.79 Å². The van der Waals surface area contributed by atoms with E-state index in [4.69, 9.17) is 0 Å². The van der Waals surface area contributed by atoms with Gasteiger partial charge in [0.25, 0.3) is 0 Å². The van der Waals surface area contributed by atoms with E-state index in [1.807, 2.05) is 0 Å². The van der Waals surface area contributed by atoms with Gasteiger partial charge < -0.3 is 0 Å². The highest BCUT2D eigenvalue weighted by Gasteiger charge is 2.45. The summed E-state index contributed by atoms with van der Waals surface area (Å²) in [6.07, 6.45) is 6.78. The second-order valence-electron chi connectivity index (χ2n) is 6.46. The number of rotatable bonds is 0. The summed E-state index contributed by atoms with van der Waals surface area (Å²) in [5, 5.41) is 0. The van der Waals surface area contributed by atoms with E-state index in [-0.39, 0.29) is 0 Å². The number of Topliss-reactive ketones (excluding diaryl/α,β-unsaturated/α-hetero) is 1. The van der Waals surface area contributed by atoms with Gasteiger partial charge in [-0.15, -0.1) is 0 Å². The molecule has 0 unspecified atom stereocenters. The van der Waals surface area contributed by atoms with Crippen molar-refractivity contribution in [3.8, 4) is 0 Å². The second kappa shape index (κ2) is 3.08. The highest BCUT2D eigenvalue weighted by molar-refractivity contribution is 5.79. The van der Waals surface area contributed by atoms with Crippen molar-refractivity contribution in [2.45, 2.75) is 59.3 Å². The van der Waals surface area contributed by atoms with Crippen molar-refractivity contribution < 1.29 is 4.79 Å². The van der Waals surface area contributed by atoms with E-state index in [9.17, 15) is 4.79 Å². The third kappa shape index (κ3) is 1.74. The van der Waals surface area contributed by atoms with Crippen LogP contribution in [0.1, 0.15) is 59.3 Å². The van der Waals surface area contributed by atoms with Crippen LogP contribution in [0.15, 0.2) is 0 Å². The first-order valence-electron chi connectivity index (χ1n) is 5.93. The SMILES string of the molecule is CC1(C)CC[C@]2(C)CCC(=O)C[C@@H]2C1. The molecule has 80 valence electrons. The van der Waals surface area contributed by atoms with Crippen LogP contribution in [0.25, 0.3) is 0 Å². The van der Waals surface area contributed by atoms with Crippen molar-refractivity contribution in [3.63, 3.8) is 0 Å². The van der Waals surface area contributed by atoms with Gasteiger partial charge in [-0.1, -0.05) is 20.8 Å². The Morgan fingerprint density at radius 3 is 2.57 bits per heavy atom. The van der Waals surface area contributed by atoms with E-state index in [0.29, 0.717) is 22.5 Å². The van der Waals surface area contributed by atoms with Crippen molar-refractivity contribution >= 4 is 5.78 Å². The maximum atomic E-state index is 11.5. The Kier molecular flexibility index (Phi) is 2.24. The molecule has 2 saturated carbocycles. The molecule has 2 atom stereocenters. The third-order valence-electron chi connectivity index (χ3n) is 4.61. The van der Waals surface area contributed by atoms with Gasteiger partial charge in [-0.2, -0.15) is 0 Å². The topological polar surface area (TPSA) is 17.1 Å². The Morgan fingerprint density at radius 2 is 1.86 bits per heavy atom. The molecule has 0 aromatic heterocycles. The summed E-state index contributed by atoms with van der Waals surface area (Å²) in [5.74, 6) is 1.18. The molecule has 2 fully saturated rings. The zero-order valence-electron chi connectivity index (χ0n) is 9.73. The number of carbonyl (C=O) groups is 1. The summed E-state index contributed by atoms with van der Waals surface area (Å²) in [6, 6.07) is 0. The van der Waals surface area contributed by atoms with E-state index < -0.39 is 0 Å². The van der Waals surface area contributed by atoms with Gasteiger partial charge in [0.15, 0.2) is 0 Å². The molecule has 0 N–H and O–H groups in total. The van der Waals surface area contributed by atoms with Gasteiger partial charge in [0.05, 0.1) is 0 Å². The fourth-order valence-corrected chi connectivity index (χ4v) is 3.29. The lowest BCUT2D eigenvalue weighted by atomic mass is 9.55. The van der Waals surface area contributed by atoms with Crippen LogP contribution >= 0.6 is 0 Å². The minimum absolute atomic E-state index is 0.474. The molecule has 0 aromatic rings. The fraction of sp³-hybridized carbons (Fsp3) is 0.923.